The van der Waals surface area contributed by atoms with Gasteiger partial charge in [-0.1, -0.05) is 69.5 Å². The van der Waals surface area contributed by atoms with Crippen molar-refractivity contribution in [2.45, 2.75) is 86.0 Å². The first-order valence-electron chi connectivity index (χ1n) is 17.2. The zero-order chi connectivity index (χ0) is 32.8. The smallest absolute Gasteiger partial charge is 0.509 e. The second-order valence-electron chi connectivity index (χ2n) is 13.4. The van der Waals surface area contributed by atoms with Crippen LogP contribution in [0.4, 0.5) is 0 Å². The number of ether oxygens (including phenoxy) is 1. The summed E-state index contributed by atoms with van der Waals surface area (Å²) in [6.45, 7) is 15.5. The molecule has 0 bridgehead atoms. The fourth-order valence-electron chi connectivity index (χ4n) is 7.63. The monoisotopic (exact) mass is 815 g/mol. The van der Waals surface area contributed by atoms with E-state index >= 15 is 0 Å². The quantitative estimate of drug-likeness (QED) is 0.114. The third-order valence-electron chi connectivity index (χ3n) is 10.1. The maximum atomic E-state index is 6.62. The van der Waals surface area contributed by atoms with Crippen LogP contribution in [0.1, 0.15) is 93.3 Å². The minimum atomic E-state index is 0. The summed E-state index contributed by atoms with van der Waals surface area (Å²) in [4.78, 5) is 4.73. The average Bonchev–Trinajstić information content (AvgIpc) is 3.56. The Hall–Kier alpha value is -3.95. The predicted octanol–water partition coefficient (Wildman–Crippen LogP) is 11.0. The minimum Gasteiger partial charge on any atom is -0.509 e. The SMILES string of the molecule is CCC1=CCC[C@H](CC)C1c1c(C)nn(-c2[c-]c(Oc3[c-]c4c(cc3)c3ccccc3n4-c3cc(C)ccn3)cc(C(C)C)c2)c1C.[Pt+2]. The number of para-hydroxylation sites is 1. The van der Waals surface area contributed by atoms with E-state index in [-0.39, 0.29) is 21.1 Å². The van der Waals surface area contributed by atoms with Crippen molar-refractivity contribution < 1.29 is 25.8 Å². The molecule has 0 radical (unpaired) electrons. The van der Waals surface area contributed by atoms with Gasteiger partial charge in [0.15, 0.2) is 0 Å². The number of hydrogen-bond acceptors (Lipinski definition) is 3. The molecule has 0 amide bonds. The second kappa shape index (κ2) is 13.9. The molecule has 6 heteroatoms. The molecule has 0 fully saturated rings. The minimum absolute atomic E-state index is 0. The summed E-state index contributed by atoms with van der Waals surface area (Å²) in [5.41, 5.74) is 10.5. The van der Waals surface area contributed by atoms with Crippen LogP contribution in [0.2, 0.25) is 0 Å². The molecule has 1 aliphatic rings. The Morgan fingerprint density at radius 2 is 1.75 bits per heavy atom. The summed E-state index contributed by atoms with van der Waals surface area (Å²) >= 11 is 0. The van der Waals surface area contributed by atoms with Crippen molar-refractivity contribution in [1.82, 2.24) is 19.3 Å². The fourth-order valence-corrected chi connectivity index (χ4v) is 7.63. The Morgan fingerprint density at radius 1 is 0.938 bits per heavy atom. The average molecular weight is 816 g/mol. The summed E-state index contributed by atoms with van der Waals surface area (Å²) in [6, 6.07) is 28.2. The third kappa shape index (κ3) is 6.07. The van der Waals surface area contributed by atoms with Crippen LogP contribution in [0.5, 0.6) is 11.5 Å². The van der Waals surface area contributed by atoms with Crippen LogP contribution in [0.3, 0.4) is 0 Å². The summed E-state index contributed by atoms with van der Waals surface area (Å²) in [5.74, 6) is 3.53. The van der Waals surface area contributed by atoms with Crippen molar-refractivity contribution in [3.8, 4) is 23.0 Å². The third-order valence-corrected chi connectivity index (χ3v) is 10.1. The Bertz CT molecular complexity index is 2140. The summed E-state index contributed by atoms with van der Waals surface area (Å²) in [6.07, 6.45) is 9.02. The number of nitrogens with zero attached hydrogens (tertiary/aromatic N) is 4. The number of rotatable bonds is 8. The normalized spacial score (nSPS) is 16.4. The molecule has 1 unspecified atom stereocenters. The van der Waals surface area contributed by atoms with Gasteiger partial charge in [0.2, 0.25) is 0 Å². The first-order chi connectivity index (χ1) is 22.8. The van der Waals surface area contributed by atoms with Gasteiger partial charge in [-0.3, -0.25) is 4.68 Å². The van der Waals surface area contributed by atoms with Crippen LogP contribution < -0.4 is 4.74 Å². The molecule has 0 saturated carbocycles. The molecule has 1 aliphatic carbocycles. The van der Waals surface area contributed by atoms with Crippen molar-refractivity contribution in [3.63, 3.8) is 0 Å². The van der Waals surface area contributed by atoms with Gasteiger partial charge in [0.1, 0.15) is 5.82 Å². The van der Waals surface area contributed by atoms with Crippen LogP contribution in [-0.2, 0) is 21.1 Å². The van der Waals surface area contributed by atoms with Gasteiger partial charge in [-0.05, 0) is 86.7 Å². The number of aromatic nitrogens is 4. The van der Waals surface area contributed by atoms with E-state index in [9.17, 15) is 0 Å². The van der Waals surface area contributed by atoms with Gasteiger partial charge in [-0.25, -0.2) is 4.98 Å². The van der Waals surface area contributed by atoms with Gasteiger partial charge in [0, 0.05) is 40.4 Å². The number of pyridine rings is 1. The zero-order valence-corrected chi connectivity index (χ0v) is 31.3. The van der Waals surface area contributed by atoms with E-state index in [1.54, 1.807) is 5.57 Å². The Balaban J connectivity index is 0.00000401. The summed E-state index contributed by atoms with van der Waals surface area (Å²) in [7, 11) is 0. The van der Waals surface area contributed by atoms with Crippen molar-refractivity contribution in [2.24, 2.45) is 5.92 Å². The first kappa shape index (κ1) is 33.9. The predicted molar refractivity (Wildman–Crippen MR) is 192 cm³/mol. The molecule has 7 rings (SSSR count). The topological polar surface area (TPSA) is 44.9 Å². The molecule has 3 aromatic heterocycles. The van der Waals surface area contributed by atoms with Gasteiger partial charge < -0.3 is 9.30 Å². The van der Waals surface area contributed by atoms with Gasteiger partial charge in [0.05, 0.1) is 5.69 Å². The van der Waals surface area contributed by atoms with Crippen LogP contribution in [0.15, 0.2) is 78.5 Å². The molecule has 3 aromatic carbocycles. The fraction of sp³-hybridized carbons (Fsp3) is 0.333. The number of benzene rings is 3. The molecule has 0 saturated heterocycles. The molecule has 48 heavy (non-hydrogen) atoms. The Labute approximate surface area is 299 Å². The number of fused-ring (bicyclic) bond motifs is 3. The van der Waals surface area contributed by atoms with Gasteiger partial charge in [-0.2, -0.15) is 11.2 Å². The molecule has 0 spiro atoms. The van der Waals surface area contributed by atoms with E-state index < -0.39 is 0 Å². The second-order valence-corrected chi connectivity index (χ2v) is 13.4. The van der Waals surface area contributed by atoms with Crippen LogP contribution in [-0.4, -0.2) is 19.3 Å². The Kier molecular flexibility index (Phi) is 9.81. The van der Waals surface area contributed by atoms with Gasteiger partial charge >= 0.3 is 21.1 Å². The number of allylic oxidation sites excluding steroid dienone is 2. The van der Waals surface area contributed by atoms with Crippen molar-refractivity contribution in [3.05, 3.63) is 119 Å². The van der Waals surface area contributed by atoms with Crippen molar-refractivity contribution >= 4 is 21.8 Å². The van der Waals surface area contributed by atoms with Crippen molar-refractivity contribution in [1.29, 1.82) is 0 Å². The number of aryl methyl sites for hydroxylation is 2. The van der Waals surface area contributed by atoms with E-state index in [0.717, 1.165) is 51.0 Å². The summed E-state index contributed by atoms with van der Waals surface area (Å²) < 4.78 is 10.9. The maximum absolute atomic E-state index is 6.62. The molecule has 0 N–H and O–H groups in total. The first-order valence-corrected chi connectivity index (χ1v) is 17.2. The van der Waals surface area contributed by atoms with Crippen LogP contribution in [0, 0.1) is 38.8 Å². The molecule has 3 heterocycles. The van der Waals surface area contributed by atoms with E-state index in [4.69, 9.17) is 14.8 Å². The maximum Gasteiger partial charge on any atom is 2.00 e. The van der Waals surface area contributed by atoms with Gasteiger partial charge in [0.25, 0.3) is 0 Å². The van der Waals surface area contributed by atoms with E-state index in [0.29, 0.717) is 29.3 Å². The van der Waals surface area contributed by atoms with E-state index in [2.05, 4.69) is 124 Å². The van der Waals surface area contributed by atoms with Gasteiger partial charge in [-0.15, -0.1) is 41.3 Å². The van der Waals surface area contributed by atoms with Crippen LogP contribution in [0.25, 0.3) is 33.3 Å². The van der Waals surface area contributed by atoms with E-state index in [1.165, 1.54) is 36.1 Å². The number of hydrogen-bond donors (Lipinski definition) is 0. The van der Waals surface area contributed by atoms with Crippen molar-refractivity contribution in [2.75, 3.05) is 0 Å². The molecule has 5 nitrogen and oxygen atoms in total. The molecular formula is C42H44N4OPt. The van der Waals surface area contributed by atoms with Crippen LogP contribution >= 0.6 is 0 Å². The molecule has 2 atom stereocenters. The Morgan fingerprint density at radius 3 is 2.50 bits per heavy atom. The summed E-state index contributed by atoms with van der Waals surface area (Å²) in [5, 5.41) is 7.42. The van der Waals surface area contributed by atoms with E-state index in [1.807, 2.05) is 18.3 Å². The molecule has 0 aliphatic heterocycles. The molecule has 248 valence electrons. The largest absolute Gasteiger partial charge is 2.00 e. The molecule has 6 aromatic rings. The standard InChI is InChI=1S/C42H44N4O.Pt/c1-8-30-13-12-14-31(9-2)42(30)41-28(6)44-46(29(41)7)33-22-32(26(3)4)23-35(24-33)47-34-17-18-37-36-15-10-11-16-38(36)45(39(37)25-34)40-21-27(5)19-20-43-40;/h10-11,13,15-23,26,31,42H,8-9,12,14H2,1-7H3;/q-2;+2/t31-,42?;/m0./s1. The zero-order valence-electron chi connectivity index (χ0n) is 29.0. The molecular weight excluding hydrogens is 772 g/mol.